The van der Waals surface area contributed by atoms with E-state index < -0.39 is 0 Å². The van der Waals surface area contributed by atoms with E-state index in [4.69, 9.17) is 0 Å². The Morgan fingerprint density at radius 1 is 1.06 bits per heavy atom. The highest BCUT2D eigenvalue weighted by molar-refractivity contribution is 5.94. The quantitative estimate of drug-likeness (QED) is 0.443. The molecule has 0 saturated carbocycles. The Balaban J connectivity index is 1.85. The molecular formula is C27H33FN4O2. The fourth-order valence-electron chi connectivity index (χ4n) is 3.56. The highest BCUT2D eigenvalue weighted by atomic mass is 19.1. The number of anilines is 1. The first-order chi connectivity index (χ1) is 16.2. The molecule has 0 fully saturated rings. The normalized spacial score (nSPS) is 11.3. The van der Waals surface area contributed by atoms with Gasteiger partial charge in [0.05, 0.1) is 17.9 Å². The fourth-order valence-corrected chi connectivity index (χ4v) is 3.56. The van der Waals surface area contributed by atoms with Gasteiger partial charge in [-0.1, -0.05) is 64.4 Å². The highest BCUT2D eigenvalue weighted by Gasteiger charge is 2.23. The number of aromatic nitrogens is 2. The molecule has 3 aromatic rings. The molecule has 7 heteroatoms. The summed E-state index contributed by atoms with van der Waals surface area (Å²) in [5.41, 5.74) is 2.02. The van der Waals surface area contributed by atoms with Gasteiger partial charge in [0.2, 0.25) is 11.8 Å². The third-order valence-electron chi connectivity index (χ3n) is 5.27. The molecule has 0 saturated heterocycles. The standard InChI is InChI=1S/C27H33FN4O2/c1-5-6-16-31(26(34)18-27(2,3)4)19-25(33)29-24-17-23(20-10-8-7-9-11-20)30-32(24)22-14-12-21(28)13-15-22/h7-15,17H,5-6,16,18-19H2,1-4H3,(H,29,33). The fraction of sp³-hybridized carbons (Fsp3) is 0.370. The predicted octanol–water partition coefficient (Wildman–Crippen LogP) is 5.68. The average molecular weight is 465 g/mol. The van der Waals surface area contributed by atoms with Crippen LogP contribution < -0.4 is 5.32 Å². The van der Waals surface area contributed by atoms with Gasteiger partial charge in [0.25, 0.3) is 0 Å². The van der Waals surface area contributed by atoms with Crippen LogP contribution in [0.1, 0.15) is 47.0 Å². The van der Waals surface area contributed by atoms with E-state index >= 15 is 0 Å². The summed E-state index contributed by atoms with van der Waals surface area (Å²) in [5.74, 6) is -0.239. The van der Waals surface area contributed by atoms with Gasteiger partial charge in [-0.05, 0) is 36.1 Å². The Kier molecular flexibility index (Phi) is 8.21. The monoisotopic (exact) mass is 464 g/mol. The van der Waals surface area contributed by atoms with Crippen molar-refractivity contribution in [3.05, 3.63) is 66.5 Å². The van der Waals surface area contributed by atoms with Gasteiger partial charge in [-0.3, -0.25) is 9.59 Å². The molecule has 0 radical (unpaired) electrons. The summed E-state index contributed by atoms with van der Waals surface area (Å²) in [5, 5.41) is 7.56. The number of rotatable bonds is 9. The molecule has 0 aliphatic carbocycles. The van der Waals surface area contributed by atoms with Crippen LogP contribution in [0.3, 0.4) is 0 Å². The van der Waals surface area contributed by atoms with Crippen molar-refractivity contribution >= 4 is 17.6 Å². The van der Waals surface area contributed by atoms with E-state index in [1.54, 1.807) is 27.8 Å². The third kappa shape index (κ3) is 7.01. The maximum absolute atomic E-state index is 13.5. The first-order valence-electron chi connectivity index (χ1n) is 11.7. The number of carbonyl (C=O) groups excluding carboxylic acids is 2. The summed E-state index contributed by atoms with van der Waals surface area (Å²) in [7, 11) is 0. The second-order valence-corrected chi connectivity index (χ2v) is 9.62. The Hall–Kier alpha value is -3.48. The Morgan fingerprint density at radius 2 is 1.74 bits per heavy atom. The van der Waals surface area contributed by atoms with E-state index in [2.05, 4.69) is 17.3 Å². The number of halogens is 1. The lowest BCUT2D eigenvalue weighted by Gasteiger charge is -2.26. The van der Waals surface area contributed by atoms with Crippen LogP contribution in [0.15, 0.2) is 60.7 Å². The minimum atomic E-state index is -0.353. The molecule has 1 N–H and O–H groups in total. The van der Waals surface area contributed by atoms with Crippen LogP contribution in [0.5, 0.6) is 0 Å². The number of hydrogen-bond donors (Lipinski definition) is 1. The second kappa shape index (κ2) is 11.1. The van der Waals surface area contributed by atoms with Crippen LogP contribution in [0.2, 0.25) is 0 Å². The molecule has 0 spiro atoms. The first kappa shape index (κ1) is 25.1. The minimum absolute atomic E-state index is 0.0342. The van der Waals surface area contributed by atoms with Crippen LogP contribution in [-0.2, 0) is 9.59 Å². The molecule has 0 atom stereocenters. The number of unbranched alkanes of at least 4 members (excludes halogenated alkanes) is 1. The first-order valence-corrected chi connectivity index (χ1v) is 11.7. The summed E-state index contributed by atoms with van der Waals surface area (Å²) in [4.78, 5) is 27.5. The van der Waals surface area contributed by atoms with Crippen molar-refractivity contribution in [1.82, 2.24) is 14.7 Å². The lowest BCUT2D eigenvalue weighted by atomic mass is 9.91. The molecule has 0 bridgehead atoms. The summed E-state index contributed by atoms with van der Waals surface area (Å²) >= 11 is 0. The van der Waals surface area contributed by atoms with Crippen molar-refractivity contribution in [1.29, 1.82) is 0 Å². The average Bonchev–Trinajstić information content (AvgIpc) is 3.20. The van der Waals surface area contributed by atoms with Gasteiger partial charge in [0.1, 0.15) is 11.6 Å². The van der Waals surface area contributed by atoms with Crippen molar-refractivity contribution in [2.75, 3.05) is 18.4 Å². The second-order valence-electron chi connectivity index (χ2n) is 9.62. The van der Waals surface area contributed by atoms with Crippen LogP contribution >= 0.6 is 0 Å². The highest BCUT2D eigenvalue weighted by Crippen LogP contribution is 2.25. The summed E-state index contributed by atoms with van der Waals surface area (Å²) in [6.45, 7) is 8.58. The molecule has 0 aliphatic rings. The van der Waals surface area contributed by atoms with Gasteiger partial charge in [0.15, 0.2) is 0 Å². The molecule has 1 aromatic heterocycles. The van der Waals surface area contributed by atoms with E-state index in [0.29, 0.717) is 30.2 Å². The van der Waals surface area contributed by atoms with Gasteiger partial charge in [-0.15, -0.1) is 0 Å². The SMILES string of the molecule is CCCCN(CC(=O)Nc1cc(-c2ccccc2)nn1-c1ccc(F)cc1)C(=O)CC(C)(C)C. The lowest BCUT2D eigenvalue weighted by Crippen LogP contribution is -2.40. The summed E-state index contributed by atoms with van der Waals surface area (Å²) in [6.07, 6.45) is 2.13. The molecule has 0 unspecified atom stereocenters. The molecule has 2 amide bonds. The molecule has 2 aromatic carbocycles. The number of carbonyl (C=O) groups is 2. The summed E-state index contributed by atoms with van der Waals surface area (Å²) < 4.78 is 15.1. The van der Waals surface area contributed by atoms with Gasteiger partial charge in [0, 0.05) is 24.6 Å². The van der Waals surface area contributed by atoms with E-state index in [1.165, 1.54) is 12.1 Å². The maximum atomic E-state index is 13.5. The molecular weight excluding hydrogens is 431 g/mol. The minimum Gasteiger partial charge on any atom is -0.333 e. The number of hydrogen-bond acceptors (Lipinski definition) is 3. The Morgan fingerprint density at radius 3 is 2.35 bits per heavy atom. The Labute approximate surface area is 200 Å². The number of amides is 2. The van der Waals surface area contributed by atoms with Gasteiger partial charge in [-0.25, -0.2) is 9.07 Å². The smallest absolute Gasteiger partial charge is 0.245 e. The van der Waals surface area contributed by atoms with Crippen LogP contribution in [-0.4, -0.2) is 39.6 Å². The maximum Gasteiger partial charge on any atom is 0.245 e. The number of benzene rings is 2. The number of nitrogens with zero attached hydrogens (tertiary/aromatic N) is 3. The van der Waals surface area contributed by atoms with Crippen LogP contribution in [0.25, 0.3) is 16.9 Å². The molecule has 0 aliphatic heterocycles. The van der Waals surface area contributed by atoms with E-state index in [9.17, 15) is 14.0 Å². The number of nitrogens with one attached hydrogen (secondary N) is 1. The Bertz CT molecular complexity index is 1100. The van der Waals surface area contributed by atoms with Gasteiger partial charge in [-0.2, -0.15) is 5.10 Å². The molecule has 34 heavy (non-hydrogen) atoms. The van der Waals surface area contributed by atoms with Crippen LogP contribution in [0.4, 0.5) is 10.2 Å². The van der Waals surface area contributed by atoms with Crippen molar-refractivity contribution in [3.63, 3.8) is 0 Å². The van der Waals surface area contributed by atoms with E-state index in [0.717, 1.165) is 18.4 Å². The molecule has 3 rings (SSSR count). The van der Waals surface area contributed by atoms with Gasteiger partial charge >= 0.3 is 0 Å². The molecule has 180 valence electrons. The summed E-state index contributed by atoms with van der Waals surface area (Å²) in [6, 6.07) is 17.3. The topological polar surface area (TPSA) is 67.2 Å². The molecule has 6 nitrogen and oxygen atoms in total. The predicted molar refractivity (Wildman–Crippen MR) is 133 cm³/mol. The largest absolute Gasteiger partial charge is 0.333 e. The zero-order valence-electron chi connectivity index (χ0n) is 20.3. The van der Waals surface area contributed by atoms with Crippen molar-refractivity contribution in [2.24, 2.45) is 5.41 Å². The molecule has 1 heterocycles. The lowest BCUT2D eigenvalue weighted by molar-refractivity contribution is -0.136. The van der Waals surface area contributed by atoms with E-state index in [-0.39, 0.29) is 29.6 Å². The van der Waals surface area contributed by atoms with Crippen molar-refractivity contribution < 1.29 is 14.0 Å². The van der Waals surface area contributed by atoms with Crippen molar-refractivity contribution in [3.8, 4) is 16.9 Å². The van der Waals surface area contributed by atoms with Crippen molar-refractivity contribution in [2.45, 2.75) is 47.0 Å². The third-order valence-corrected chi connectivity index (χ3v) is 5.27. The van der Waals surface area contributed by atoms with E-state index in [1.807, 2.05) is 51.1 Å². The van der Waals surface area contributed by atoms with Gasteiger partial charge < -0.3 is 10.2 Å². The van der Waals surface area contributed by atoms with Crippen LogP contribution in [0, 0.1) is 11.2 Å². The zero-order chi connectivity index (χ0) is 24.7. The zero-order valence-corrected chi connectivity index (χ0v) is 20.3.